The van der Waals surface area contributed by atoms with Crippen LogP contribution in [0, 0.1) is 11.3 Å². The molecule has 2 nitrogen and oxygen atoms in total. The first-order chi connectivity index (χ1) is 32.2. The van der Waals surface area contributed by atoms with E-state index in [1.54, 1.807) is 0 Å². The molecule has 12 rings (SSSR count). The number of benzene rings is 12. The van der Waals surface area contributed by atoms with Crippen molar-refractivity contribution in [2.24, 2.45) is 0 Å². The van der Waals surface area contributed by atoms with Gasteiger partial charge in [0.2, 0.25) is 0 Å². The average Bonchev–Trinajstić information content (AvgIpc) is 3.38. The van der Waals surface area contributed by atoms with Gasteiger partial charge in [0.05, 0.1) is 17.3 Å². The highest BCUT2D eigenvalue weighted by molar-refractivity contribution is 6.22. The van der Waals surface area contributed by atoms with Crippen LogP contribution in [0.25, 0.3) is 99.0 Å². The molecule has 0 unspecified atom stereocenters. The minimum atomic E-state index is 0.633. The second-order valence-corrected chi connectivity index (χ2v) is 16.7. The van der Waals surface area contributed by atoms with Crippen LogP contribution in [0.3, 0.4) is 0 Å². The Morgan fingerprint density at radius 1 is 0.354 bits per heavy atom. The van der Waals surface area contributed by atoms with Gasteiger partial charge in [0, 0.05) is 16.8 Å². The van der Waals surface area contributed by atoms with E-state index in [1.165, 1.54) is 81.7 Å². The van der Waals surface area contributed by atoms with Crippen LogP contribution >= 0.6 is 0 Å². The molecule has 0 aromatic heterocycles. The van der Waals surface area contributed by atoms with E-state index >= 15 is 0 Å². The van der Waals surface area contributed by atoms with Crippen LogP contribution in [0.1, 0.15) is 16.7 Å². The van der Waals surface area contributed by atoms with Crippen molar-refractivity contribution in [1.29, 1.82) is 5.26 Å². The third kappa shape index (κ3) is 6.58. The summed E-state index contributed by atoms with van der Waals surface area (Å²) in [6, 6.07) is 85.1. The predicted molar refractivity (Wildman–Crippen MR) is 277 cm³/mol. The Morgan fingerprint density at radius 2 is 0.862 bits per heavy atom. The lowest BCUT2D eigenvalue weighted by Crippen LogP contribution is -2.10. The molecule has 0 bridgehead atoms. The van der Waals surface area contributed by atoms with Crippen molar-refractivity contribution in [3.8, 4) is 28.3 Å². The van der Waals surface area contributed by atoms with Gasteiger partial charge in [-0.1, -0.05) is 194 Å². The molecule has 0 radical (unpaired) electrons. The molecule has 0 saturated carbocycles. The Bertz CT molecular complexity index is 3850. The number of nitriles is 1. The Kier molecular flexibility index (Phi) is 9.25. The maximum absolute atomic E-state index is 9.64. The van der Waals surface area contributed by atoms with Crippen LogP contribution < -0.4 is 4.90 Å². The standard InChI is InChI=1S/C63H40N2/c64-41-42-25-32-49(33-26-42)65(50-34-29-44-14-2-4-16-47(44)40-50)62-38-31-45(51-17-5-10-22-58(51)62)30-35-57-55-20-8-11-23-59(55)63(60-24-12-9-21-56(57)60)61-37-36-52(53-18-6-7-19-54(53)61)48-28-27-43-13-1-3-15-46(43)39-48/h1-40H/b35-30+. The Balaban J connectivity index is 1.00. The van der Waals surface area contributed by atoms with Crippen LogP contribution in [-0.2, 0) is 0 Å². The van der Waals surface area contributed by atoms with Gasteiger partial charge in [-0.15, -0.1) is 0 Å². The second-order valence-electron chi connectivity index (χ2n) is 16.7. The van der Waals surface area contributed by atoms with E-state index in [-0.39, 0.29) is 0 Å². The fourth-order valence-electron chi connectivity index (χ4n) is 10.0. The normalized spacial score (nSPS) is 11.6. The van der Waals surface area contributed by atoms with Crippen molar-refractivity contribution in [2.45, 2.75) is 0 Å². The van der Waals surface area contributed by atoms with Crippen LogP contribution in [-0.4, -0.2) is 0 Å². The van der Waals surface area contributed by atoms with E-state index in [2.05, 4.69) is 229 Å². The van der Waals surface area contributed by atoms with Crippen molar-refractivity contribution in [1.82, 2.24) is 0 Å². The maximum Gasteiger partial charge on any atom is 0.0991 e. The van der Waals surface area contributed by atoms with Crippen LogP contribution in [0.5, 0.6) is 0 Å². The summed E-state index contributed by atoms with van der Waals surface area (Å²) >= 11 is 0. The summed E-state index contributed by atoms with van der Waals surface area (Å²) in [7, 11) is 0. The van der Waals surface area contributed by atoms with Crippen molar-refractivity contribution >= 4 is 93.8 Å². The SMILES string of the molecule is N#Cc1ccc(N(c2ccc3ccccc3c2)c2ccc(/C=C/c3c4ccccc4c(-c4ccc(-c5ccc6ccccc6c5)c5ccccc45)c4ccccc34)c3ccccc23)cc1. The van der Waals surface area contributed by atoms with Crippen LogP contribution in [0.4, 0.5) is 17.1 Å². The molecule has 0 amide bonds. The quantitative estimate of drug-likeness (QED) is 0.118. The molecular formula is C63H40N2. The zero-order valence-corrected chi connectivity index (χ0v) is 35.5. The van der Waals surface area contributed by atoms with E-state index in [9.17, 15) is 5.26 Å². The Labute approximate surface area is 377 Å². The molecule has 2 heteroatoms. The summed E-state index contributed by atoms with van der Waals surface area (Å²) in [6.45, 7) is 0. The fraction of sp³-hybridized carbons (Fsp3) is 0. The minimum Gasteiger partial charge on any atom is -0.310 e. The topological polar surface area (TPSA) is 27.0 Å². The van der Waals surface area contributed by atoms with Gasteiger partial charge in [-0.05, 0) is 141 Å². The Hall–Kier alpha value is -8.77. The molecule has 65 heavy (non-hydrogen) atoms. The molecule has 0 spiro atoms. The van der Waals surface area contributed by atoms with E-state index in [4.69, 9.17) is 0 Å². The zero-order valence-electron chi connectivity index (χ0n) is 35.5. The van der Waals surface area contributed by atoms with Crippen molar-refractivity contribution in [3.63, 3.8) is 0 Å². The first-order valence-corrected chi connectivity index (χ1v) is 22.1. The van der Waals surface area contributed by atoms with Crippen LogP contribution in [0.15, 0.2) is 231 Å². The molecule has 0 atom stereocenters. The van der Waals surface area contributed by atoms with Crippen molar-refractivity contribution in [3.05, 3.63) is 247 Å². The first-order valence-electron chi connectivity index (χ1n) is 22.1. The van der Waals surface area contributed by atoms with Crippen molar-refractivity contribution < 1.29 is 0 Å². The van der Waals surface area contributed by atoms with Gasteiger partial charge >= 0.3 is 0 Å². The molecule has 302 valence electrons. The highest BCUT2D eigenvalue weighted by Gasteiger charge is 2.20. The zero-order chi connectivity index (χ0) is 43.3. The number of hydrogen-bond donors (Lipinski definition) is 0. The molecule has 12 aromatic carbocycles. The summed E-state index contributed by atoms with van der Waals surface area (Å²) in [4.78, 5) is 2.31. The molecule has 0 N–H and O–H groups in total. The second kappa shape index (κ2) is 15.9. The summed E-state index contributed by atoms with van der Waals surface area (Å²) in [5, 5.41) is 24.1. The van der Waals surface area contributed by atoms with Crippen molar-refractivity contribution in [2.75, 3.05) is 4.90 Å². The van der Waals surface area contributed by atoms with E-state index in [0.717, 1.165) is 33.4 Å². The number of fused-ring (bicyclic) bond motifs is 6. The molecule has 0 heterocycles. The summed E-state index contributed by atoms with van der Waals surface area (Å²) in [6.07, 6.45) is 4.61. The third-order valence-corrected chi connectivity index (χ3v) is 13.1. The highest BCUT2D eigenvalue weighted by Crippen LogP contribution is 2.45. The number of hydrogen-bond acceptors (Lipinski definition) is 2. The third-order valence-electron chi connectivity index (χ3n) is 13.1. The average molecular weight is 825 g/mol. The summed E-state index contributed by atoms with van der Waals surface area (Å²) in [5.41, 5.74) is 11.0. The molecule has 12 aromatic rings. The largest absolute Gasteiger partial charge is 0.310 e. The first kappa shape index (κ1) is 37.9. The number of rotatable bonds is 7. The molecule has 0 aliphatic heterocycles. The van der Waals surface area contributed by atoms with Crippen LogP contribution in [0.2, 0.25) is 0 Å². The molecule has 0 aliphatic carbocycles. The summed E-state index contributed by atoms with van der Waals surface area (Å²) in [5.74, 6) is 0. The smallest absolute Gasteiger partial charge is 0.0991 e. The van der Waals surface area contributed by atoms with E-state index < -0.39 is 0 Å². The maximum atomic E-state index is 9.64. The number of nitrogens with zero attached hydrogens (tertiary/aromatic N) is 2. The van der Waals surface area contributed by atoms with Gasteiger partial charge in [-0.25, -0.2) is 0 Å². The summed E-state index contributed by atoms with van der Waals surface area (Å²) < 4.78 is 0. The Morgan fingerprint density at radius 3 is 1.52 bits per heavy atom. The van der Waals surface area contributed by atoms with Gasteiger partial charge < -0.3 is 4.90 Å². The number of anilines is 3. The lowest BCUT2D eigenvalue weighted by molar-refractivity contribution is 1.30. The molecular weight excluding hydrogens is 785 g/mol. The molecule has 0 aliphatic rings. The minimum absolute atomic E-state index is 0.633. The monoisotopic (exact) mass is 824 g/mol. The predicted octanol–water partition coefficient (Wildman–Crippen LogP) is 17.5. The van der Waals surface area contributed by atoms with Gasteiger partial charge in [0.25, 0.3) is 0 Å². The van der Waals surface area contributed by atoms with Gasteiger partial charge in [-0.2, -0.15) is 5.26 Å². The highest BCUT2D eigenvalue weighted by atomic mass is 15.1. The van der Waals surface area contributed by atoms with Gasteiger partial charge in [0.1, 0.15) is 0 Å². The fourth-order valence-corrected chi connectivity index (χ4v) is 10.0. The van der Waals surface area contributed by atoms with Gasteiger partial charge in [0.15, 0.2) is 0 Å². The van der Waals surface area contributed by atoms with E-state index in [0.29, 0.717) is 5.56 Å². The van der Waals surface area contributed by atoms with E-state index in [1.807, 2.05) is 24.3 Å². The lowest BCUT2D eigenvalue weighted by Gasteiger charge is -2.27. The van der Waals surface area contributed by atoms with Gasteiger partial charge in [-0.3, -0.25) is 0 Å². The molecule has 0 fully saturated rings. The lowest BCUT2D eigenvalue weighted by atomic mass is 9.85. The molecule has 0 saturated heterocycles.